The molecule has 0 amide bonds. The molecule has 70 valence electrons. The van der Waals surface area contributed by atoms with Crippen molar-refractivity contribution in [2.24, 2.45) is 0 Å². The molecule has 0 aliphatic carbocycles. The van der Waals surface area contributed by atoms with E-state index < -0.39 is 5.38 Å². The fraction of sp³-hybridized carbons (Fsp3) is 0.222. The number of benzene rings is 1. The molecular formula is C9H11ClN2O. The summed E-state index contributed by atoms with van der Waals surface area (Å²) in [5, 5.41) is -0.580. The molecule has 0 radical (unpaired) electrons. The number of ketones is 1. The van der Waals surface area contributed by atoms with E-state index in [1.165, 1.54) is 6.07 Å². The molecule has 0 aliphatic rings. The Hall–Kier alpha value is -1.22. The van der Waals surface area contributed by atoms with E-state index in [4.69, 9.17) is 23.1 Å². The van der Waals surface area contributed by atoms with Crippen LogP contribution in [0, 0.1) is 0 Å². The molecule has 0 spiro atoms. The van der Waals surface area contributed by atoms with Gasteiger partial charge in [-0.3, -0.25) is 4.79 Å². The van der Waals surface area contributed by atoms with E-state index in [2.05, 4.69) is 0 Å². The van der Waals surface area contributed by atoms with E-state index >= 15 is 0 Å². The summed E-state index contributed by atoms with van der Waals surface area (Å²) in [6, 6.07) is 4.78. The van der Waals surface area contributed by atoms with Crippen LogP contribution in [0.25, 0.3) is 0 Å². The van der Waals surface area contributed by atoms with Gasteiger partial charge in [-0.05, 0) is 25.1 Å². The number of nitrogen functional groups attached to an aromatic ring is 2. The normalized spacial score (nSPS) is 12.5. The summed E-state index contributed by atoms with van der Waals surface area (Å²) in [5.41, 5.74) is 12.4. The fourth-order valence-electron chi connectivity index (χ4n) is 1.00. The largest absolute Gasteiger partial charge is 0.399 e. The zero-order valence-electron chi connectivity index (χ0n) is 7.25. The van der Waals surface area contributed by atoms with Crippen molar-refractivity contribution in [3.8, 4) is 0 Å². The maximum atomic E-state index is 11.4. The standard InChI is InChI=1S/C9H11ClN2O/c1-5(10)9(13)7-4-6(11)2-3-8(7)12/h2-5H,11-12H2,1H3. The average Bonchev–Trinajstić information content (AvgIpc) is 2.08. The molecule has 1 unspecified atom stereocenters. The van der Waals surface area contributed by atoms with Crippen LogP contribution in [0.2, 0.25) is 0 Å². The van der Waals surface area contributed by atoms with Gasteiger partial charge in [-0.1, -0.05) is 0 Å². The first kappa shape index (κ1) is 9.86. The molecule has 0 aliphatic heterocycles. The molecule has 4 heteroatoms. The van der Waals surface area contributed by atoms with Crippen molar-refractivity contribution in [3.05, 3.63) is 23.8 Å². The third-order valence-corrected chi connectivity index (χ3v) is 1.90. The lowest BCUT2D eigenvalue weighted by atomic mass is 10.1. The number of hydrogen-bond donors (Lipinski definition) is 2. The predicted molar refractivity (Wildman–Crippen MR) is 54.9 cm³/mol. The maximum Gasteiger partial charge on any atom is 0.182 e. The van der Waals surface area contributed by atoms with E-state index in [0.717, 1.165) is 0 Å². The Morgan fingerprint density at radius 3 is 2.62 bits per heavy atom. The second-order valence-corrected chi connectivity index (χ2v) is 3.48. The molecule has 0 aromatic heterocycles. The first-order chi connectivity index (χ1) is 6.02. The summed E-state index contributed by atoms with van der Waals surface area (Å²) in [5.74, 6) is -0.202. The molecule has 1 aromatic carbocycles. The number of rotatable bonds is 2. The molecule has 1 aromatic rings. The quantitative estimate of drug-likeness (QED) is 0.432. The molecule has 1 atom stereocenters. The number of halogens is 1. The van der Waals surface area contributed by atoms with Crippen LogP contribution in [-0.4, -0.2) is 11.2 Å². The van der Waals surface area contributed by atoms with Crippen molar-refractivity contribution in [1.82, 2.24) is 0 Å². The van der Waals surface area contributed by atoms with Crippen molar-refractivity contribution < 1.29 is 4.79 Å². The number of hydrogen-bond acceptors (Lipinski definition) is 3. The molecule has 13 heavy (non-hydrogen) atoms. The molecule has 0 saturated carbocycles. The Balaban J connectivity index is 3.13. The van der Waals surface area contributed by atoms with E-state index in [0.29, 0.717) is 16.9 Å². The predicted octanol–water partition coefficient (Wildman–Crippen LogP) is 1.66. The highest BCUT2D eigenvalue weighted by molar-refractivity contribution is 6.34. The first-order valence-corrected chi connectivity index (χ1v) is 4.29. The van der Waals surface area contributed by atoms with Gasteiger partial charge in [-0.2, -0.15) is 0 Å². The van der Waals surface area contributed by atoms with E-state index in [9.17, 15) is 4.79 Å². The minimum Gasteiger partial charge on any atom is -0.399 e. The fourth-order valence-corrected chi connectivity index (χ4v) is 1.12. The summed E-state index contributed by atoms with van der Waals surface area (Å²) >= 11 is 5.64. The van der Waals surface area contributed by atoms with Gasteiger partial charge in [-0.15, -0.1) is 11.6 Å². The van der Waals surface area contributed by atoms with Crippen LogP contribution in [-0.2, 0) is 0 Å². The number of nitrogens with two attached hydrogens (primary N) is 2. The number of carbonyl (C=O) groups is 1. The second-order valence-electron chi connectivity index (χ2n) is 2.83. The zero-order valence-corrected chi connectivity index (χ0v) is 8.01. The van der Waals surface area contributed by atoms with Gasteiger partial charge < -0.3 is 11.5 Å². The molecule has 0 saturated heterocycles. The third kappa shape index (κ3) is 2.12. The molecule has 4 N–H and O–H groups in total. The van der Waals surface area contributed by atoms with Crippen molar-refractivity contribution in [1.29, 1.82) is 0 Å². The SMILES string of the molecule is CC(Cl)C(=O)c1cc(N)ccc1N. The van der Waals surface area contributed by atoms with Crippen LogP contribution in [0.3, 0.4) is 0 Å². The summed E-state index contributed by atoms with van der Waals surface area (Å²) in [6.07, 6.45) is 0. The van der Waals surface area contributed by atoms with Crippen LogP contribution < -0.4 is 11.5 Å². The van der Waals surface area contributed by atoms with Gasteiger partial charge in [0.2, 0.25) is 0 Å². The van der Waals surface area contributed by atoms with Crippen LogP contribution in [0.1, 0.15) is 17.3 Å². The van der Waals surface area contributed by atoms with E-state index in [1.807, 2.05) is 0 Å². The lowest BCUT2D eigenvalue weighted by Crippen LogP contribution is -2.13. The Morgan fingerprint density at radius 1 is 1.46 bits per heavy atom. The monoisotopic (exact) mass is 198 g/mol. The summed E-state index contributed by atoms with van der Waals surface area (Å²) in [6.45, 7) is 1.60. The van der Waals surface area contributed by atoms with Crippen molar-refractivity contribution in [3.63, 3.8) is 0 Å². The molecular weight excluding hydrogens is 188 g/mol. The average molecular weight is 199 g/mol. The van der Waals surface area contributed by atoms with Gasteiger partial charge in [0.05, 0.1) is 5.38 Å². The molecule has 3 nitrogen and oxygen atoms in total. The smallest absolute Gasteiger partial charge is 0.182 e. The number of alkyl halides is 1. The number of anilines is 2. The Labute approximate surface area is 81.7 Å². The minimum absolute atomic E-state index is 0.202. The van der Waals surface area contributed by atoms with Gasteiger partial charge in [0.25, 0.3) is 0 Å². The highest BCUT2D eigenvalue weighted by Gasteiger charge is 2.14. The lowest BCUT2D eigenvalue weighted by molar-refractivity contribution is 0.0992. The highest BCUT2D eigenvalue weighted by Crippen LogP contribution is 2.18. The Kier molecular flexibility index (Phi) is 2.78. The number of Topliss-reactive ketones (excluding diaryl/α,β-unsaturated/α-hetero) is 1. The van der Waals surface area contributed by atoms with Crippen LogP contribution in [0.15, 0.2) is 18.2 Å². The molecule has 0 bridgehead atoms. The number of carbonyl (C=O) groups excluding carboxylic acids is 1. The Morgan fingerprint density at radius 2 is 2.08 bits per heavy atom. The molecule has 0 heterocycles. The van der Waals surface area contributed by atoms with Crippen LogP contribution in [0.4, 0.5) is 11.4 Å². The summed E-state index contributed by atoms with van der Waals surface area (Å²) < 4.78 is 0. The Bertz CT molecular complexity index is 336. The minimum atomic E-state index is -0.580. The van der Waals surface area contributed by atoms with E-state index in [-0.39, 0.29) is 5.78 Å². The van der Waals surface area contributed by atoms with Crippen LogP contribution >= 0.6 is 11.6 Å². The van der Waals surface area contributed by atoms with Gasteiger partial charge in [-0.25, -0.2) is 0 Å². The zero-order chi connectivity index (χ0) is 10.0. The molecule has 0 fully saturated rings. The first-order valence-electron chi connectivity index (χ1n) is 3.85. The maximum absolute atomic E-state index is 11.4. The molecule has 1 rings (SSSR count). The van der Waals surface area contributed by atoms with E-state index in [1.54, 1.807) is 19.1 Å². The van der Waals surface area contributed by atoms with Gasteiger partial charge in [0, 0.05) is 16.9 Å². The van der Waals surface area contributed by atoms with Crippen molar-refractivity contribution in [2.45, 2.75) is 12.3 Å². The summed E-state index contributed by atoms with van der Waals surface area (Å²) in [4.78, 5) is 11.4. The van der Waals surface area contributed by atoms with Gasteiger partial charge in [0.1, 0.15) is 0 Å². The second kappa shape index (κ2) is 3.66. The van der Waals surface area contributed by atoms with Crippen LogP contribution in [0.5, 0.6) is 0 Å². The third-order valence-electron chi connectivity index (χ3n) is 1.70. The lowest BCUT2D eigenvalue weighted by Gasteiger charge is -2.06. The van der Waals surface area contributed by atoms with Gasteiger partial charge in [0.15, 0.2) is 5.78 Å². The van der Waals surface area contributed by atoms with Crippen molar-refractivity contribution in [2.75, 3.05) is 11.5 Å². The summed E-state index contributed by atoms with van der Waals surface area (Å²) in [7, 11) is 0. The highest BCUT2D eigenvalue weighted by atomic mass is 35.5. The topological polar surface area (TPSA) is 69.1 Å². The van der Waals surface area contributed by atoms with Gasteiger partial charge >= 0.3 is 0 Å². The van der Waals surface area contributed by atoms with Crippen molar-refractivity contribution >= 4 is 28.8 Å².